The van der Waals surface area contributed by atoms with Gasteiger partial charge in [0, 0.05) is 6.54 Å². The van der Waals surface area contributed by atoms with Crippen molar-refractivity contribution in [1.82, 2.24) is 0 Å². The van der Waals surface area contributed by atoms with Crippen molar-refractivity contribution in [3.63, 3.8) is 0 Å². The van der Waals surface area contributed by atoms with E-state index >= 15 is 0 Å². The zero-order chi connectivity index (χ0) is 12.3. The number of nitrogen functional groups attached to an aromatic ring is 1. The normalized spacial score (nSPS) is 18.9. The van der Waals surface area contributed by atoms with Crippen molar-refractivity contribution < 1.29 is 5.11 Å². The summed E-state index contributed by atoms with van der Waals surface area (Å²) < 4.78 is 0. The van der Waals surface area contributed by atoms with Crippen molar-refractivity contribution in [2.24, 2.45) is 0 Å². The van der Waals surface area contributed by atoms with Gasteiger partial charge in [0.2, 0.25) is 0 Å². The average molecular weight is 255 g/mol. The monoisotopic (exact) mass is 254 g/mol. The SMILES string of the molecule is Nc1cccc(Cl)c1NCC1(O)CCCCC1. The maximum Gasteiger partial charge on any atom is 0.0819 e. The van der Waals surface area contributed by atoms with Gasteiger partial charge >= 0.3 is 0 Å². The number of benzene rings is 1. The van der Waals surface area contributed by atoms with Crippen molar-refractivity contribution in [3.8, 4) is 0 Å². The molecule has 0 spiro atoms. The minimum Gasteiger partial charge on any atom is -0.397 e. The van der Waals surface area contributed by atoms with Crippen LogP contribution in [-0.4, -0.2) is 17.3 Å². The summed E-state index contributed by atoms with van der Waals surface area (Å²) in [6.45, 7) is 0.515. The van der Waals surface area contributed by atoms with E-state index in [2.05, 4.69) is 5.32 Å². The number of aliphatic hydroxyl groups is 1. The Kier molecular flexibility index (Phi) is 3.79. The first kappa shape index (κ1) is 12.5. The van der Waals surface area contributed by atoms with Crippen molar-refractivity contribution in [2.45, 2.75) is 37.7 Å². The van der Waals surface area contributed by atoms with E-state index in [9.17, 15) is 5.11 Å². The Balaban J connectivity index is 2.02. The molecule has 1 aromatic carbocycles. The summed E-state index contributed by atoms with van der Waals surface area (Å²) in [5.74, 6) is 0. The topological polar surface area (TPSA) is 58.3 Å². The quantitative estimate of drug-likeness (QED) is 0.727. The second kappa shape index (κ2) is 5.15. The van der Waals surface area contributed by atoms with Gasteiger partial charge in [-0.1, -0.05) is 36.9 Å². The highest BCUT2D eigenvalue weighted by Gasteiger charge is 2.29. The summed E-state index contributed by atoms with van der Waals surface area (Å²) in [6.07, 6.45) is 5.11. The second-order valence-corrected chi connectivity index (χ2v) is 5.25. The Morgan fingerprint density at radius 3 is 2.65 bits per heavy atom. The fourth-order valence-corrected chi connectivity index (χ4v) is 2.62. The van der Waals surface area contributed by atoms with E-state index in [1.165, 1.54) is 6.42 Å². The van der Waals surface area contributed by atoms with E-state index in [0.29, 0.717) is 17.3 Å². The third kappa shape index (κ3) is 3.05. The molecule has 1 aromatic rings. The molecule has 0 unspecified atom stereocenters. The number of anilines is 2. The Morgan fingerprint density at radius 2 is 2.00 bits per heavy atom. The van der Waals surface area contributed by atoms with Crippen LogP contribution >= 0.6 is 11.6 Å². The minimum absolute atomic E-state index is 0.515. The lowest BCUT2D eigenvalue weighted by Gasteiger charge is -2.32. The molecule has 0 heterocycles. The molecule has 0 aliphatic heterocycles. The summed E-state index contributed by atoms with van der Waals surface area (Å²) in [7, 11) is 0. The minimum atomic E-state index is -0.607. The van der Waals surface area contributed by atoms with Gasteiger partial charge in [0.15, 0.2) is 0 Å². The lowest BCUT2D eigenvalue weighted by Crippen LogP contribution is -2.38. The van der Waals surface area contributed by atoms with Gasteiger partial charge in [0.25, 0.3) is 0 Å². The van der Waals surface area contributed by atoms with Crippen LogP contribution in [-0.2, 0) is 0 Å². The van der Waals surface area contributed by atoms with Gasteiger partial charge in [-0.05, 0) is 25.0 Å². The number of hydrogen-bond acceptors (Lipinski definition) is 3. The maximum absolute atomic E-state index is 10.4. The second-order valence-electron chi connectivity index (χ2n) is 4.84. The number of nitrogens with one attached hydrogen (secondary N) is 1. The summed E-state index contributed by atoms with van der Waals surface area (Å²) >= 11 is 6.07. The van der Waals surface area contributed by atoms with Gasteiger partial charge in [-0.2, -0.15) is 0 Å². The maximum atomic E-state index is 10.4. The largest absolute Gasteiger partial charge is 0.397 e. The zero-order valence-corrected chi connectivity index (χ0v) is 10.6. The molecule has 0 amide bonds. The zero-order valence-electron chi connectivity index (χ0n) is 9.88. The van der Waals surface area contributed by atoms with E-state index < -0.39 is 5.60 Å². The van der Waals surface area contributed by atoms with Crippen LogP contribution < -0.4 is 11.1 Å². The molecule has 1 fully saturated rings. The molecule has 0 radical (unpaired) electrons. The molecule has 1 saturated carbocycles. The molecule has 3 nitrogen and oxygen atoms in total. The van der Waals surface area contributed by atoms with Crippen LogP contribution in [0.25, 0.3) is 0 Å². The van der Waals surface area contributed by atoms with Crippen LogP contribution in [0.5, 0.6) is 0 Å². The standard InChI is InChI=1S/C13H19ClN2O/c14-10-5-4-6-11(15)12(10)16-9-13(17)7-2-1-3-8-13/h4-6,16-17H,1-3,7-9,15H2. The van der Waals surface area contributed by atoms with Crippen LogP contribution in [0, 0.1) is 0 Å². The molecule has 2 rings (SSSR count). The molecule has 4 heteroatoms. The van der Waals surface area contributed by atoms with Crippen molar-refractivity contribution in [1.29, 1.82) is 0 Å². The number of rotatable bonds is 3. The molecule has 0 aromatic heterocycles. The highest BCUT2D eigenvalue weighted by molar-refractivity contribution is 6.33. The van der Waals surface area contributed by atoms with Crippen molar-refractivity contribution in [2.75, 3.05) is 17.6 Å². The predicted octanol–water partition coefficient (Wildman–Crippen LogP) is 3.03. The molecule has 94 valence electrons. The molecule has 1 aliphatic rings. The molecular weight excluding hydrogens is 236 g/mol. The molecule has 0 saturated heterocycles. The van der Waals surface area contributed by atoms with Gasteiger partial charge in [-0.3, -0.25) is 0 Å². The van der Waals surface area contributed by atoms with Gasteiger partial charge in [-0.25, -0.2) is 0 Å². The number of nitrogens with two attached hydrogens (primary N) is 1. The highest BCUT2D eigenvalue weighted by atomic mass is 35.5. The van der Waals surface area contributed by atoms with Crippen molar-refractivity contribution >= 4 is 23.0 Å². The van der Waals surface area contributed by atoms with E-state index in [-0.39, 0.29) is 0 Å². The summed E-state index contributed by atoms with van der Waals surface area (Å²) in [4.78, 5) is 0. The first-order valence-corrected chi connectivity index (χ1v) is 6.49. The van der Waals surface area contributed by atoms with E-state index in [1.54, 1.807) is 12.1 Å². The molecule has 17 heavy (non-hydrogen) atoms. The van der Waals surface area contributed by atoms with Crippen LogP contribution in [0.4, 0.5) is 11.4 Å². The molecule has 4 N–H and O–H groups in total. The van der Waals surface area contributed by atoms with E-state index in [0.717, 1.165) is 31.4 Å². The Morgan fingerprint density at radius 1 is 1.29 bits per heavy atom. The van der Waals surface area contributed by atoms with Crippen LogP contribution in [0.1, 0.15) is 32.1 Å². The van der Waals surface area contributed by atoms with E-state index in [1.807, 2.05) is 6.07 Å². The summed E-state index contributed by atoms with van der Waals surface area (Å²) in [6, 6.07) is 5.42. The van der Waals surface area contributed by atoms with Gasteiger partial charge in [0.05, 0.1) is 22.0 Å². The van der Waals surface area contributed by atoms with Gasteiger partial charge < -0.3 is 16.2 Å². The number of hydrogen-bond donors (Lipinski definition) is 3. The lowest BCUT2D eigenvalue weighted by molar-refractivity contribution is 0.0167. The summed E-state index contributed by atoms with van der Waals surface area (Å²) in [5, 5.41) is 14.2. The fraction of sp³-hybridized carbons (Fsp3) is 0.538. The lowest BCUT2D eigenvalue weighted by atomic mass is 9.85. The third-order valence-corrected chi connectivity index (χ3v) is 3.74. The van der Waals surface area contributed by atoms with Crippen LogP contribution in [0.3, 0.4) is 0 Å². The van der Waals surface area contributed by atoms with Gasteiger partial charge in [0.1, 0.15) is 0 Å². The molecule has 0 bridgehead atoms. The van der Waals surface area contributed by atoms with Crippen molar-refractivity contribution in [3.05, 3.63) is 23.2 Å². The van der Waals surface area contributed by atoms with Crippen LogP contribution in [0.2, 0.25) is 5.02 Å². The van der Waals surface area contributed by atoms with Gasteiger partial charge in [-0.15, -0.1) is 0 Å². The third-order valence-electron chi connectivity index (χ3n) is 3.42. The highest BCUT2D eigenvalue weighted by Crippen LogP contribution is 2.31. The Bertz CT molecular complexity index is 369. The van der Waals surface area contributed by atoms with E-state index in [4.69, 9.17) is 17.3 Å². The first-order chi connectivity index (χ1) is 8.11. The smallest absolute Gasteiger partial charge is 0.0819 e. The Hall–Kier alpha value is -0.930. The Labute approximate surface area is 107 Å². The molecule has 0 atom stereocenters. The predicted molar refractivity (Wildman–Crippen MR) is 72.4 cm³/mol. The number of halogens is 1. The molecular formula is C13H19ClN2O. The average Bonchev–Trinajstić information content (AvgIpc) is 2.29. The fourth-order valence-electron chi connectivity index (χ4n) is 2.37. The first-order valence-electron chi connectivity index (χ1n) is 6.11. The molecule has 1 aliphatic carbocycles. The van der Waals surface area contributed by atoms with Crippen LogP contribution in [0.15, 0.2) is 18.2 Å². The summed E-state index contributed by atoms with van der Waals surface area (Å²) in [5.41, 5.74) is 6.60. The number of para-hydroxylation sites is 1.